The van der Waals surface area contributed by atoms with Crippen LogP contribution < -0.4 is 4.87 Å². The average molecular weight is 329 g/mol. The Balaban J connectivity index is 1.56. The van der Waals surface area contributed by atoms with Crippen LogP contribution in [-0.4, -0.2) is 37.2 Å². The van der Waals surface area contributed by atoms with Gasteiger partial charge in [-0.05, 0) is 38.4 Å². The minimum atomic E-state index is 0.131. The van der Waals surface area contributed by atoms with E-state index in [-0.39, 0.29) is 10.9 Å². The molecule has 6 nitrogen and oxygen atoms in total. The lowest BCUT2D eigenvalue weighted by Gasteiger charge is -2.23. The first-order valence-electron chi connectivity index (χ1n) is 7.92. The van der Waals surface area contributed by atoms with E-state index in [4.69, 9.17) is 0 Å². The molecule has 0 aliphatic carbocycles. The first-order chi connectivity index (χ1) is 11.2. The Morgan fingerprint density at radius 3 is 3.04 bits per heavy atom. The predicted molar refractivity (Wildman–Crippen MR) is 89.9 cm³/mol. The molecule has 0 amide bonds. The van der Waals surface area contributed by atoms with E-state index in [2.05, 4.69) is 19.5 Å². The first kappa shape index (κ1) is 14.6. The van der Waals surface area contributed by atoms with E-state index >= 15 is 0 Å². The fraction of sp³-hybridized carbons (Fsp3) is 0.438. The molecule has 0 N–H and O–H groups in total. The van der Waals surface area contributed by atoms with Gasteiger partial charge in [-0.25, -0.2) is 0 Å². The summed E-state index contributed by atoms with van der Waals surface area (Å²) < 4.78 is 3.94. The summed E-state index contributed by atoms with van der Waals surface area (Å²) in [5, 5.41) is 10.6. The quantitative estimate of drug-likeness (QED) is 0.735. The molecule has 3 aromatic rings. The van der Waals surface area contributed by atoms with Gasteiger partial charge in [-0.2, -0.15) is 0 Å². The van der Waals surface area contributed by atoms with Gasteiger partial charge in [-0.3, -0.25) is 14.1 Å². The van der Waals surface area contributed by atoms with Gasteiger partial charge in [0.05, 0.1) is 6.04 Å². The standard InChI is InChI=1S/C16H19N5OS/c1-12-11-23-16(22)20(12)10-9-19-7-4-5-13(19)15-18-17-14-6-2-3-8-21(14)15/h2-3,6,8,11,13H,4-5,7,9-10H2,1H3/t13-/m0/s1. The molecule has 0 unspecified atom stereocenters. The predicted octanol–water partition coefficient (Wildman–Crippen LogP) is 2.10. The van der Waals surface area contributed by atoms with Crippen LogP contribution in [0.25, 0.3) is 5.65 Å². The Kier molecular flexibility index (Phi) is 3.74. The fourth-order valence-electron chi connectivity index (χ4n) is 3.38. The fourth-order valence-corrected chi connectivity index (χ4v) is 4.14. The van der Waals surface area contributed by atoms with Gasteiger partial charge in [0.1, 0.15) is 0 Å². The Morgan fingerprint density at radius 2 is 2.22 bits per heavy atom. The number of pyridine rings is 1. The van der Waals surface area contributed by atoms with Crippen LogP contribution >= 0.6 is 11.3 Å². The van der Waals surface area contributed by atoms with E-state index in [1.807, 2.05) is 41.3 Å². The topological polar surface area (TPSA) is 55.4 Å². The maximum atomic E-state index is 11.9. The highest BCUT2D eigenvalue weighted by molar-refractivity contribution is 7.07. The van der Waals surface area contributed by atoms with Gasteiger partial charge in [-0.1, -0.05) is 17.4 Å². The molecule has 1 aliphatic rings. The lowest BCUT2D eigenvalue weighted by Crippen LogP contribution is -2.30. The minimum absolute atomic E-state index is 0.131. The van der Waals surface area contributed by atoms with Crippen molar-refractivity contribution in [3.63, 3.8) is 0 Å². The molecule has 0 bridgehead atoms. The summed E-state index contributed by atoms with van der Waals surface area (Å²) in [6.45, 7) is 4.64. The smallest absolute Gasteiger partial charge is 0.302 e. The van der Waals surface area contributed by atoms with Crippen molar-refractivity contribution in [2.45, 2.75) is 32.4 Å². The van der Waals surface area contributed by atoms with Gasteiger partial charge in [0, 0.05) is 30.4 Å². The molecule has 1 saturated heterocycles. The maximum Gasteiger partial charge on any atom is 0.307 e. The second kappa shape index (κ2) is 5.90. The molecule has 23 heavy (non-hydrogen) atoms. The van der Waals surface area contributed by atoms with E-state index < -0.39 is 0 Å². The Labute approximate surface area is 138 Å². The van der Waals surface area contributed by atoms with Crippen molar-refractivity contribution >= 4 is 17.0 Å². The van der Waals surface area contributed by atoms with Crippen LogP contribution in [0.1, 0.15) is 30.4 Å². The second-order valence-corrected chi connectivity index (χ2v) is 6.80. The van der Waals surface area contributed by atoms with E-state index in [0.29, 0.717) is 0 Å². The van der Waals surface area contributed by atoms with Crippen LogP contribution in [0.2, 0.25) is 0 Å². The highest BCUT2D eigenvalue weighted by Crippen LogP contribution is 2.30. The molecule has 1 aliphatic heterocycles. The molecular formula is C16H19N5OS. The van der Waals surface area contributed by atoms with Crippen LogP contribution in [0.5, 0.6) is 0 Å². The highest BCUT2D eigenvalue weighted by Gasteiger charge is 2.29. The van der Waals surface area contributed by atoms with Crippen LogP contribution in [0.4, 0.5) is 0 Å². The van der Waals surface area contributed by atoms with Crippen LogP contribution in [0, 0.1) is 6.92 Å². The number of aryl methyl sites for hydroxylation is 1. The summed E-state index contributed by atoms with van der Waals surface area (Å²) >= 11 is 1.28. The minimum Gasteiger partial charge on any atom is -0.302 e. The summed E-state index contributed by atoms with van der Waals surface area (Å²) in [5.74, 6) is 1.01. The van der Waals surface area contributed by atoms with E-state index in [0.717, 1.165) is 49.6 Å². The SMILES string of the molecule is Cc1csc(=O)n1CCN1CCC[C@H]1c1nnc2ccccn12. The lowest BCUT2D eigenvalue weighted by atomic mass is 10.2. The van der Waals surface area contributed by atoms with Gasteiger partial charge in [0.25, 0.3) is 0 Å². The molecule has 0 spiro atoms. The van der Waals surface area contributed by atoms with E-state index in [1.54, 1.807) is 0 Å². The third-order valence-electron chi connectivity index (χ3n) is 4.59. The highest BCUT2D eigenvalue weighted by atomic mass is 32.1. The van der Waals surface area contributed by atoms with Crippen LogP contribution in [0.3, 0.4) is 0 Å². The molecular weight excluding hydrogens is 310 g/mol. The Morgan fingerprint density at radius 1 is 1.30 bits per heavy atom. The number of hydrogen-bond donors (Lipinski definition) is 0. The zero-order valence-corrected chi connectivity index (χ0v) is 13.9. The summed E-state index contributed by atoms with van der Waals surface area (Å²) in [6.07, 6.45) is 4.27. The van der Waals surface area contributed by atoms with Crippen LogP contribution in [0.15, 0.2) is 34.6 Å². The largest absolute Gasteiger partial charge is 0.307 e. The molecule has 1 fully saturated rings. The molecule has 4 heterocycles. The van der Waals surface area contributed by atoms with E-state index in [1.165, 1.54) is 11.3 Å². The number of nitrogens with zero attached hydrogens (tertiary/aromatic N) is 5. The van der Waals surface area contributed by atoms with Crippen molar-refractivity contribution < 1.29 is 0 Å². The average Bonchev–Trinajstić information content (AvgIpc) is 3.25. The zero-order valence-electron chi connectivity index (χ0n) is 13.1. The van der Waals surface area contributed by atoms with Gasteiger partial charge in [0.15, 0.2) is 11.5 Å². The number of fused-ring (bicyclic) bond motifs is 1. The molecule has 0 aromatic carbocycles. The normalized spacial score (nSPS) is 18.9. The van der Waals surface area contributed by atoms with Crippen molar-refractivity contribution in [3.8, 4) is 0 Å². The number of aromatic nitrogens is 4. The number of thiazole rings is 1. The number of rotatable bonds is 4. The molecule has 120 valence electrons. The number of likely N-dealkylation sites (tertiary alicyclic amines) is 1. The van der Waals surface area contributed by atoms with Crippen molar-refractivity contribution in [2.75, 3.05) is 13.1 Å². The third-order valence-corrected chi connectivity index (χ3v) is 5.47. The maximum absolute atomic E-state index is 11.9. The lowest BCUT2D eigenvalue weighted by molar-refractivity contribution is 0.236. The van der Waals surface area contributed by atoms with Gasteiger partial charge in [0.2, 0.25) is 0 Å². The van der Waals surface area contributed by atoms with Crippen molar-refractivity contribution in [2.24, 2.45) is 0 Å². The monoisotopic (exact) mass is 329 g/mol. The van der Waals surface area contributed by atoms with Crippen molar-refractivity contribution in [1.29, 1.82) is 0 Å². The van der Waals surface area contributed by atoms with E-state index in [9.17, 15) is 4.79 Å². The molecule has 4 rings (SSSR count). The molecule has 7 heteroatoms. The summed E-state index contributed by atoms with van der Waals surface area (Å²) in [5.41, 5.74) is 1.93. The molecule has 0 radical (unpaired) electrons. The van der Waals surface area contributed by atoms with Crippen LogP contribution in [-0.2, 0) is 6.54 Å². The van der Waals surface area contributed by atoms with Crippen molar-refractivity contribution in [1.82, 2.24) is 24.1 Å². The third kappa shape index (κ3) is 2.60. The summed E-state index contributed by atoms with van der Waals surface area (Å²) in [7, 11) is 0. The van der Waals surface area contributed by atoms with Gasteiger partial charge < -0.3 is 4.57 Å². The Bertz CT molecular complexity index is 880. The van der Waals surface area contributed by atoms with Crippen molar-refractivity contribution in [3.05, 3.63) is 51.0 Å². The van der Waals surface area contributed by atoms with Gasteiger partial charge >= 0.3 is 4.87 Å². The molecule has 1 atom stereocenters. The van der Waals surface area contributed by atoms with Gasteiger partial charge in [-0.15, -0.1) is 10.2 Å². The Hall–Kier alpha value is -1.99. The zero-order chi connectivity index (χ0) is 15.8. The summed E-state index contributed by atoms with van der Waals surface area (Å²) in [6, 6.07) is 6.24. The number of hydrogen-bond acceptors (Lipinski definition) is 5. The summed E-state index contributed by atoms with van der Waals surface area (Å²) in [4.78, 5) is 14.4. The second-order valence-electron chi connectivity index (χ2n) is 5.98. The first-order valence-corrected chi connectivity index (χ1v) is 8.80. The molecule has 3 aromatic heterocycles. The molecule has 0 saturated carbocycles.